The Hall–Kier alpha value is -2.44. The van der Waals surface area contributed by atoms with Gasteiger partial charge < -0.3 is 10.6 Å². The number of nitrogens with one attached hydrogen (secondary N) is 2. The summed E-state index contributed by atoms with van der Waals surface area (Å²) in [6.45, 7) is 6.76. The number of hydrogen-bond acceptors (Lipinski definition) is 4. The predicted octanol–water partition coefficient (Wildman–Crippen LogP) is 2.02. The highest BCUT2D eigenvalue weighted by molar-refractivity contribution is 5.89. The molecule has 1 aromatic heterocycles. The van der Waals surface area contributed by atoms with Crippen molar-refractivity contribution in [1.29, 1.82) is 0 Å². The number of urea groups is 1. The molecule has 1 saturated heterocycles. The third-order valence-electron chi connectivity index (χ3n) is 4.37. The molecule has 2 amide bonds. The van der Waals surface area contributed by atoms with Crippen LogP contribution in [0.25, 0.3) is 0 Å². The third-order valence-corrected chi connectivity index (χ3v) is 4.37. The lowest BCUT2D eigenvalue weighted by Crippen LogP contribution is -2.48. The van der Waals surface area contributed by atoms with Gasteiger partial charge in [0.1, 0.15) is 0 Å². The van der Waals surface area contributed by atoms with Gasteiger partial charge in [-0.1, -0.05) is 30.3 Å². The van der Waals surface area contributed by atoms with Crippen LogP contribution >= 0.6 is 0 Å². The number of carbonyl (C=O) groups excluding carboxylic acids is 1. The Kier molecular flexibility index (Phi) is 6.36. The molecule has 6 heteroatoms. The van der Waals surface area contributed by atoms with Gasteiger partial charge in [0.2, 0.25) is 0 Å². The Bertz CT molecular complexity index is 641. The van der Waals surface area contributed by atoms with E-state index in [0.717, 1.165) is 45.0 Å². The maximum absolute atomic E-state index is 11.8. The summed E-state index contributed by atoms with van der Waals surface area (Å²) in [7, 11) is 0. The first-order valence-electron chi connectivity index (χ1n) is 8.73. The van der Waals surface area contributed by atoms with Gasteiger partial charge in [0.05, 0.1) is 0 Å². The molecule has 132 valence electrons. The maximum atomic E-state index is 11.8. The molecule has 0 atom stereocenters. The molecule has 1 fully saturated rings. The summed E-state index contributed by atoms with van der Waals surface area (Å²) in [6.07, 6.45) is 3.31. The maximum Gasteiger partial charge on any atom is 0.319 e. The van der Waals surface area contributed by atoms with Crippen LogP contribution in [0.2, 0.25) is 0 Å². The monoisotopic (exact) mass is 339 g/mol. The minimum absolute atomic E-state index is 0.172. The van der Waals surface area contributed by atoms with Crippen molar-refractivity contribution in [1.82, 2.24) is 20.1 Å². The largest absolute Gasteiger partial charge is 0.337 e. The van der Waals surface area contributed by atoms with Crippen LogP contribution in [-0.2, 0) is 6.54 Å². The topological polar surface area (TPSA) is 60.5 Å². The lowest BCUT2D eigenvalue weighted by molar-refractivity contribution is 0.128. The average molecular weight is 339 g/mol. The van der Waals surface area contributed by atoms with Crippen molar-refractivity contribution in [3.8, 4) is 0 Å². The predicted molar refractivity (Wildman–Crippen MR) is 99.4 cm³/mol. The molecule has 2 N–H and O–H groups in total. The number of nitrogens with zero attached hydrogens (tertiary/aromatic N) is 3. The van der Waals surface area contributed by atoms with E-state index in [1.54, 1.807) is 24.5 Å². The molecular formula is C19H25N5O. The molecular weight excluding hydrogens is 314 g/mol. The molecule has 2 heterocycles. The highest BCUT2D eigenvalue weighted by atomic mass is 16.2. The Balaban J connectivity index is 1.31. The highest BCUT2D eigenvalue weighted by Gasteiger charge is 2.16. The van der Waals surface area contributed by atoms with Gasteiger partial charge in [0.15, 0.2) is 0 Å². The van der Waals surface area contributed by atoms with Gasteiger partial charge in [0.25, 0.3) is 0 Å². The van der Waals surface area contributed by atoms with Crippen molar-refractivity contribution < 1.29 is 4.79 Å². The van der Waals surface area contributed by atoms with E-state index in [2.05, 4.69) is 55.7 Å². The number of rotatable bonds is 6. The Morgan fingerprint density at radius 2 is 1.64 bits per heavy atom. The van der Waals surface area contributed by atoms with Crippen LogP contribution in [0.1, 0.15) is 5.56 Å². The third kappa shape index (κ3) is 5.85. The normalized spacial score (nSPS) is 15.7. The molecule has 25 heavy (non-hydrogen) atoms. The van der Waals surface area contributed by atoms with Gasteiger partial charge in [0, 0.05) is 63.9 Å². The zero-order valence-electron chi connectivity index (χ0n) is 14.4. The Morgan fingerprint density at radius 3 is 2.36 bits per heavy atom. The SMILES string of the molecule is O=C(NCCN1CCN(Cc2ccccc2)CC1)Nc1ccncc1. The molecule has 3 rings (SSSR count). The van der Waals surface area contributed by atoms with E-state index in [9.17, 15) is 4.79 Å². The first-order chi connectivity index (χ1) is 12.3. The minimum atomic E-state index is -0.172. The first kappa shape index (κ1) is 17.4. The van der Waals surface area contributed by atoms with Gasteiger partial charge in [-0.2, -0.15) is 0 Å². The lowest BCUT2D eigenvalue weighted by atomic mass is 10.2. The van der Waals surface area contributed by atoms with Crippen LogP contribution in [0.5, 0.6) is 0 Å². The van der Waals surface area contributed by atoms with E-state index in [1.807, 2.05) is 0 Å². The van der Waals surface area contributed by atoms with Crippen LogP contribution in [0.3, 0.4) is 0 Å². The van der Waals surface area contributed by atoms with Gasteiger partial charge in [-0.25, -0.2) is 4.79 Å². The molecule has 0 saturated carbocycles. The Labute approximate surface area is 148 Å². The zero-order chi connectivity index (χ0) is 17.3. The van der Waals surface area contributed by atoms with Crippen molar-refractivity contribution in [3.05, 3.63) is 60.4 Å². The molecule has 0 radical (unpaired) electrons. The molecule has 1 aliphatic rings. The van der Waals surface area contributed by atoms with Crippen LogP contribution in [-0.4, -0.2) is 60.1 Å². The second kappa shape index (κ2) is 9.15. The van der Waals surface area contributed by atoms with Crippen molar-refractivity contribution in [2.75, 3.05) is 44.6 Å². The standard InChI is InChI=1S/C19H25N5O/c25-19(22-18-6-8-20-9-7-18)21-10-11-23-12-14-24(15-13-23)16-17-4-2-1-3-5-17/h1-9H,10-16H2,(H2,20,21,22,25). The van der Waals surface area contributed by atoms with Gasteiger partial charge in [-0.15, -0.1) is 0 Å². The van der Waals surface area contributed by atoms with Crippen molar-refractivity contribution >= 4 is 11.7 Å². The number of benzene rings is 1. The van der Waals surface area contributed by atoms with E-state index in [-0.39, 0.29) is 6.03 Å². The first-order valence-corrected chi connectivity index (χ1v) is 8.73. The summed E-state index contributed by atoms with van der Waals surface area (Å²) in [5.41, 5.74) is 2.12. The van der Waals surface area contributed by atoms with Crippen molar-refractivity contribution in [3.63, 3.8) is 0 Å². The molecule has 0 spiro atoms. The molecule has 6 nitrogen and oxygen atoms in total. The second-order valence-electron chi connectivity index (χ2n) is 6.22. The number of hydrogen-bond donors (Lipinski definition) is 2. The number of piperazine rings is 1. The number of pyridine rings is 1. The van der Waals surface area contributed by atoms with E-state index < -0.39 is 0 Å². The van der Waals surface area contributed by atoms with Crippen molar-refractivity contribution in [2.45, 2.75) is 6.54 Å². The van der Waals surface area contributed by atoms with Crippen LogP contribution < -0.4 is 10.6 Å². The van der Waals surface area contributed by atoms with Gasteiger partial charge >= 0.3 is 6.03 Å². The van der Waals surface area contributed by atoms with Crippen LogP contribution in [0.4, 0.5) is 10.5 Å². The van der Waals surface area contributed by atoms with Crippen LogP contribution in [0, 0.1) is 0 Å². The smallest absolute Gasteiger partial charge is 0.319 e. The van der Waals surface area contributed by atoms with E-state index in [4.69, 9.17) is 0 Å². The summed E-state index contributed by atoms with van der Waals surface area (Å²) in [6, 6.07) is 14.0. The van der Waals surface area contributed by atoms with Gasteiger partial charge in [-0.05, 0) is 17.7 Å². The zero-order valence-corrected chi connectivity index (χ0v) is 14.4. The molecule has 0 bridgehead atoms. The number of aromatic nitrogens is 1. The molecule has 0 aliphatic carbocycles. The fourth-order valence-electron chi connectivity index (χ4n) is 2.95. The summed E-state index contributed by atoms with van der Waals surface area (Å²) < 4.78 is 0. The Morgan fingerprint density at radius 1 is 0.960 bits per heavy atom. The number of carbonyl (C=O) groups is 1. The minimum Gasteiger partial charge on any atom is -0.337 e. The highest BCUT2D eigenvalue weighted by Crippen LogP contribution is 2.08. The number of anilines is 1. The fraction of sp³-hybridized carbons (Fsp3) is 0.368. The summed E-state index contributed by atoms with van der Waals surface area (Å²) in [4.78, 5) is 20.6. The molecule has 0 unspecified atom stereocenters. The summed E-state index contributed by atoms with van der Waals surface area (Å²) >= 11 is 0. The average Bonchev–Trinajstić information content (AvgIpc) is 2.65. The van der Waals surface area contributed by atoms with Crippen LogP contribution in [0.15, 0.2) is 54.9 Å². The van der Waals surface area contributed by atoms with E-state index >= 15 is 0 Å². The molecule has 1 aromatic carbocycles. The van der Waals surface area contributed by atoms with E-state index in [1.165, 1.54) is 5.56 Å². The summed E-state index contributed by atoms with van der Waals surface area (Å²) in [5, 5.41) is 5.70. The van der Waals surface area contributed by atoms with E-state index in [0.29, 0.717) is 6.54 Å². The van der Waals surface area contributed by atoms with Crippen molar-refractivity contribution in [2.24, 2.45) is 0 Å². The molecule has 1 aliphatic heterocycles. The fourth-order valence-corrected chi connectivity index (χ4v) is 2.95. The quantitative estimate of drug-likeness (QED) is 0.845. The number of amides is 2. The summed E-state index contributed by atoms with van der Waals surface area (Å²) in [5.74, 6) is 0. The van der Waals surface area contributed by atoms with Gasteiger partial charge in [-0.3, -0.25) is 14.8 Å². The lowest BCUT2D eigenvalue weighted by Gasteiger charge is -2.34. The second-order valence-corrected chi connectivity index (χ2v) is 6.22. The molecule has 2 aromatic rings.